The number of benzene rings is 1. The van der Waals surface area contributed by atoms with E-state index in [2.05, 4.69) is 24.7 Å². The molecular formula is C15H24N3O2+. The normalized spacial score (nSPS) is 10.4. The van der Waals surface area contributed by atoms with Crippen molar-refractivity contribution in [1.29, 1.82) is 0 Å². The summed E-state index contributed by atoms with van der Waals surface area (Å²) >= 11 is 0. The molecule has 0 spiro atoms. The minimum atomic E-state index is -0.611. The van der Waals surface area contributed by atoms with E-state index in [4.69, 9.17) is 0 Å². The molecule has 0 heterocycles. The first kappa shape index (κ1) is 16.2. The van der Waals surface area contributed by atoms with Crippen LogP contribution >= 0.6 is 0 Å². The predicted octanol–water partition coefficient (Wildman–Crippen LogP) is -0.107. The van der Waals surface area contributed by atoms with Gasteiger partial charge in [-0.15, -0.1) is 0 Å². The molecule has 0 aliphatic rings. The highest BCUT2D eigenvalue weighted by molar-refractivity contribution is 6.39. The zero-order chi connectivity index (χ0) is 15.1. The number of carbonyl (C=O) groups excluding carboxylic acids is 2. The maximum Gasteiger partial charge on any atom is 0.313 e. The largest absolute Gasteiger partial charge is 0.348 e. The number of anilines is 1. The van der Waals surface area contributed by atoms with Crippen molar-refractivity contribution in [1.82, 2.24) is 5.32 Å². The van der Waals surface area contributed by atoms with Crippen molar-refractivity contribution in [2.45, 2.75) is 20.3 Å². The van der Waals surface area contributed by atoms with Crippen LogP contribution in [-0.2, 0) is 9.59 Å². The van der Waals surface area contributed by atoms with Crippen LogP contribution in [-0.4, -0.2) is 39.0 Å². The maximum atomic E-state index is 11.8. The highest BCUT2D eigenvalue weighted by Gasteiger charge is 2.15. The van der Waals surface area contributed by atoms with Crippen LogP contribution in [0.5, 0.6) is 0 Å². The lowest BCUT2D eigenvalue weighted by molar-refractivity contribution is -0.858. The number of aryl methyl sites for hydroxylation is 2. The van der Waals surface area contributed by atoms with E-state index in [0.29, 0.717) is 12.2 Å². The van der Waals surface area contributed by atoms with Crippen molar-refractivity contribution in [3.63, 3.8) is 0 Å². The first-order chi connectivity index (χ1) is 9.41. The van der Waals surface area contributed by atoms with E-state index in [1.54, 1.807) is 0 Å². The summed E-state index contributed by atoms with van der Waals surface area (Å²) in [5, 5.41) is 5.30. The van der Waals surface area contributed by atoms with Crippen molar-refractivity contribution in [3.8, 4) is 0 Å². The second-order valence-corrected chi connectivity index (χ2v) is 5.29. The van der Waals surface area contributed by atoms with E-state index in [0.717, 1.165) is 24.1 Å². The Kier molecular flexibility index (Phi) is 6.18. The molecule has 110 valence electrons. The van der Waals surface area contributed by atoms with Gasteiger partial charge in [-0.1, -0.05) is 18.2 Å². The van der Waals surface area contributed by atoms with Crippen LogP contribution in [0.1, 0.15) is 17.5 Å². The number of hydrogen-bond donors (Lipinski definition) is 3. The Hall–Kier alpha value is -1.88. The number of amides is 2. The zero-order valence-electron chi connectivity index (χ0n) is 12.7. The second-order valence-electron chi connectivity index (χ2n) is 5.29. The molecule has 1 rings (SSSR count). The fraction of sp³-hybridized carbons (Fsp3) is 0.467. The molecule has 0 aromatic heterocycles. The smallest absolute Gasteiger partial charge is 0.313 e. The summed E-state index contributed by atoms with van der Waals surface area (Å²) in [4.78, 5) is 24.8. The predicted molar refractivity (Wildman–Crippen MR) is 79.9 cm³/mol. The Morgan fingerprint density at radius 3 is 2.25 bits per heavy atom. The highest BCUT2D eigenvalue weighted by Crippen LogP contribution is 2.18. The summed E-state index contributed by atoms with van der Waals surface area (Å²) in [6.45, 7) is 5.28. The third kappa shape index (κ3) is 5.01. The van der Waals surface area contributed by atoms with Gasteiger partial charge in [0.05, 0.1) is 20.6 Å². The van der Waals surface area contributed by atoms with Gasteiger partial charge in [0.2, 0.25) is 0 Å². The molecule has 0 fully saturated rings. The van der Waals surface area contributed by atoms with E-state index in [9.17, 15) is 9.59 Å². The van der Waals surface area contributed by atoms with Crippen molar-refractivity contribution < 1.29 is 14.5 Å². The molecule has 0 aliphatic carbocycles. The third-order valence-corrected chi connectivity index (χ3v) is 3.06. The number of hydrogen-bond acceptors (Lipinski definition) is 2. The molecule has 3 N–H and O–H groups in total. The number of para-hydroxylation sites is 1. The van der Waals surface area contributed by atoms with E-state index in [1.165, 1.54) is 4.90 Å². The molecule has 0 saturated carbocycles. The van der Waals surface area contributed by atoms with Gasteiger partial charge in [0.25, 0.3) is 0 Å². The van der Waals surface area contributed by atoms with Crippen LogP contribution in [0.3, 0.4) is 0 Å². The van der Waals surface area contributed by atoms with E-state index >= 15 is 0 Å². The van der Waals surface area contributed by atoms with Crippen molar-refractivity contribution in [2.24, 2.45) is 0 Å². The van der Waals surface area contributed by atoms with Gasteiger partial charge in [-0.2, -0.15) is 0 Å². The summed E-state index contributed by atoms with van der Waals surface area (Å²) in [5.74, 6) is -1.19. The first-order valence-electron chi connectivity index (χ1n) is 6.86. The summed E-state index contributed by atoms with van der Waals surface area (Å²) in [6, 6.07) is 5.73. The molecular weight excluding hydrogens is 254 g/mol. The van der Waals surface area contributed by atoms with Crippen LogP contribution in [0, 0.1) is 13.8 Å². The molecule has 0 unspecified atom stereocenters. The van der Waals surface area contributed by atoms with Gasteiger partial charge < -0.3 is 15.5 Å². The van der Waals surface area contributed by atoms with Crippen molar-refractivity contribution in [3.05, 3.63) is 29.3 Å². The van der Waals surface area contributed by atoms with E-state index < -0.39 is 11.8 Å². The quantitative estimate of drug-likeness (QED) is 0.520. The Bertz CT molecular complexity index is 464. The lowest BCUT2D eigenvalue weighted by Crippen LogP contribution is -3.05. The second kappa shape index (κ2) is 7.65. The lowest BCUT2D eigenvalue weighted by atomic mass is 10.1. The molecule has 0 atom stereocenters. The molecule has 2 amide bonds. The van der Waals surface area contributed by atoms with Gasteiger partial charge >= 0.3 is 11.8 Å². The topological polar surface area (TPSA) is 62.6 Å². The molecule has 1 aromatic rings. The van der Waals surface area contributed by atoms with Crippen molar-refractivity contribution in [2.75, 3.05) is 32.5 Å². The Morgan fingerprint density at radius 1 is 1.10 bits per heavy atom. The average Bonchev–Trinajstić information content (AvgIpc) is 2.38. The fourth-order valence-electron chi connectivity index (χ4n) is 1.91. The van der Waals surface area contributed by atoms with Gasteiger partial charge in [-0.3, -0.25) is 9.59 Å². The number of nitrogens with one attached hydrogen (secondary N) is 3. The molecule has 1 aromatic carbocycles. The first-order valence-corrected chi connectivity index (χ1v) is 6.86. The number of rotatable bonds is 5. The molecule has 20 heavy (non-hydrogen) atoms. The fourth-order valence-corrected chi connectivity index (χ4v) is 1.91. The maximum absolute atomic E-state index is 11.8. The SMILES string of the molecule is Cc1cccc(C)c1NC(=O)C(=O)NCCC[NH+](C)C. The summed E-state index contributed by atoms with van der Waals surface area (Å²) in [7, 11) is 4.10. The minimum absolute atomic E-state index is 0.518. The van der Waals surface area contributed by atoms with Crippen LogP contribution < -0.4 is 15.5 Å². The molecule has 5 nitrogen and oxygen atoms in total. The lowest BCUT2D eigenvalue weighted by Gasteiger charge is -2.11. The Labute approximate surface area is 120 Å². The van der Waals surface area contributed by atoms with Gasteiger partial charge in [0.15, 0.2) is 0 Å². The zero-order valence-corrected chi connectivity index (χ0v) is 12.7. The van der Waals surface area contributed by atoms with Crippen molar-refractivity contribution >= 4 is 17.5 Å². The van der Waals surface area contributed by atoms with Gasteiger partial charge in [-0.25, -0.2) is 0 Å². The monoisotopic (exact) mass is 278 g/mol. The molecule has 0 radical (unpaired) electrons. The van der Waals surface area contributed by atoms with Gasteiger partial charge in [0.1, 0.15) is 0 Å². The van der Waals surface area contributed by atoms with E-state index in [1.807, 2.05) is 32.0 Å². The van der Waals surface area contributed by atoms with Gasteiger partial charge in [0, 0.05) is 18.7 Å². The molecule has 0 bridgehead atoms. The highest BCUT2D eigenvalue weighted by atomic mass is 16.2. The number of quaternary nitrogens is 1. The van der Waals surface area contributed by atoms with Crippen LogP contribution in [0.2, 0.25) is 0 Å². The van der Waals surface area contributed by atoms with E-state index in [-0.39, 0.29) is 0 Å². The van der Waals surface area contributed by atoms with Gasteiger partial charge in [-0.05, 0) is 25.0 Å². The summed E-state index contributed by atoms with van der Waals surface area (Å²) in [5.41, 5.74) is 2.61. The molecule has 5 heteroatoms. The molecule has 0 saturated heterocycles. The average molecular weight is 278 g/mol. The Balaban J connectivity index is 2.48. The van der Waals surface area contributed by atoms with Crippen LogP contribution in [0.25, 0.3) is 0 Å². The van der Waals surface area contributed by atoms with Crippen LogP contribution in [0.15, 0.2) is 18.2 Å². The number of carbonyl (C=O) groups is 2. The Morgan fingerprint density at radius 2 is 1.70 bits per heavy atom. The van der Waals surface area contributed by atoms with Crippen LogP contribution in [0.4, 0.5) is 5.69 Å². The summed E-state index contributed by atoms with van der Waals surface area (Å²) < 4.78 is 0. The minimum Gasteiger partial charge on any atom is -0.348 e. The standard InChI is InChI=1S/C15H23N3O2/c1-11-7-5-8-12(2)13(11)17-15(20)14(19)16-9-6-10-18(3)4/h5,7-8H,6,9-10H2,1-4H3,(H,16,19)(H,17,20)/p+1. The molecule has 0 aliphatic heterocycles. The third-order valence-electron chi connectivity index (χ3n) is 3.06. The summed E-state index contributed by atoms with van der Waals surface area (Å²) in [6.07, 6.45) is 0.852.